The molecule has 1 heterocycles. The monoisotopic (exact) mass is 326 g/mol. The van der Waals surface area contributed by atoms with Gasteiger partial charge in [-0.25, -0.2) is 0 Å². The van der Waals surface area contributed by atoms with E-state index in [1.807, 2.05) is 6.07 Å². The van der Waals surface area contributed by atoms with Crippen molar-refractivity contribution in [1.82, 2.24) is 10.2 Å². The normalized spacial score (nSPS) is 18.2. The highest BCUT2D eigenvalue weighted by molar-refractivity contribution is 5.92. The highest BCUT2D eigenvalue weighted by Gasteiger charge is 2.24. The Morgan fingerprint density at radius 1 is 1.21 bits per heavy atom. The van der Waals surface area contributed by atoms with E-state index in [4.69, 9.17) is 0 Å². The van der Waals surface area contributed by atoms with E-state index in [-0.39, 0.29) is 7.33 Å². The zero-order valence-corrected chi connectivity index (χ0v) is 14.7. The van der Waals surface area contributed by atoms with Crippen LogP contribution in [0.5, 0.6) is 0 Å². The van der Waals surface area contributed by atoms with Gasteiger partial charge in [-0.05, 0) is 49.1 Å². The maximum absolute atomic E-state index is 12.6. The number of fused-ring (bicyclic) bond motifs is 1. The summed E-state index contributed by atoms with van der Waals surface area (Å²) < 4.78 is 0. The van der Waals surface area contributed by atoms with E-state index in [2.05, 4.69) is 41.9 Å². The zero-order valence-electron chi connectivity index (χ0n) is 14.7. The van der Waals surface area contributed by atoms with Crippen LogP contribution >= 0.6 is 0 Å². The highest BCUT2D eigenvalue weighted by Crippen LogP contribution is 2.35. The number of nitrogens with zero attached hydrogens (tertiary/aromatic N) is 1. The topological polar surface area (TPSA) is 32.3 Å². The Hall–Kier alpha value is -1.87. The van der Waals surface area contributed by atoms with Crippen LogP contribution in [-0.2, 0) is 11.2 Å². The molecule has 1 aromatic carbocycles. The van der Waals surface area contributed by atoms with Gasteiger partial charge in [0, 0.05) is 13.4 Å². The van der Waals surface area contributed by atoms with Crippen molar-refractivity contribution in [2.24, 2.45) is 0 Å². The first kappa shape index (κ1) is 17.0. The number of hydrogen-bond donors (Lipinski definition) is 1. The van der Waals surface area contributed by atoms with Crippen molar-refractivity contribution in [2.75, 3.05) is 19.6 Å². The molecule has 0 spiro atoms. The number of rotatable bonds is 5. The molecule has 0 aromatic heterocycles. The number of carbonyl (C=O) groups excluding carboxylic acids is 1. The van der Waals surface area contributed by atoms with Gasteiger partial charge in [-0.15, -0.1) is 0 Å². The molecule has 1 aromatic rings. The van der Waals surface area contributed by atoms with Crippen LogP contribution in [0, 0.1) is 0 Å². The van der Waals surface area contributed by atoms with Gasteiger partial charge in [-0.2, -0.15) is 0 Å². The van der Waals surface area contributed by atoms with Gasteiger partial charge in [-0.1, -0.05) is 50.6 Å². The molecule has 1 aliphatic carbocycles. The summed E-state index contributed by atoms with van der Waals surface area (Å²) in [7, 11) is 0. The van der Waals surface area contributed by atoms with E-state index in [0.29, 0.717) is 6.54 Å². The van der Waals surface area contributed by atoms with Crippen LogP contribution in [0.25, 0.3) is 5.70 Å². The summed E-state index contributed by atoms with van der Waals surface area (Å²) in [4.78, 5) is 14.9. The lowest BCUT2D eigenvalue weighted by Crippen LogP contribution is -2.37. The first-order valence-corrected chi connectivity index (χ1v) is 9.21. The lowest BCUT2D eigenvalue weighted by molar-refractivity contribution is -0.121. The predicted octanol–water partition coefficient (Wildman–Crippen LogP) is 4.16. The number of allylic oxidation sites excluding steroid dienone is 2. The van der Waals surface area contributed by atoms with Gasteiger partial charge >= 0.3 is 0 Å². The molecule has 24 heavy (non-hydrogen) atoms. The molecule has 1 aliphatic heterocycles. The predicted molar refractivity (Wildman–Crippen MR) is 102 cm³/mol. The molecule has 0 atom stereocenters. The second-order valence-corrected chi connectivity index (χ2v) is 6.88. The number of benzene rings is 1. The molecule has 1 fully saturated rings. The Kier molecular flexibility index (Phi) is 5.52. The van der Waals surface area contributed by atoms with Crippen LogP contribution < -0.4 is 5.32 Å². The quantitative estimate of drug-likeness (QED) is 0.881. The molecule has 1 amide bonds. The Morgan fingerprint density at radius 2 is 1.92 bits per heavy atom. The lowest BCUT2D eigenvalue weighted by atomic mass is 10.0. The fraction of sp³-hybridized carbons (Fsp3) is 0.476. The SMILES string of the molecule is C=C(CC)C1=C(NC(=O)CN2CCCCCC2)c2ccccc2C1.[HH]. The molecule has 3 nitrogen and oxygen atoms in total. The third-order valence-electron chi connectivity index (χ3n) is 5.14. The number of nitrogens with one attached hydrogen (secondary N) is 1. The van der Waals surface area contributed by atoms with E-state index >= 15 is 0 Å². The minimum absolute atomic E-state index is 0. The maximum Gasteiger partial charge on any atom is 0.238 e. The van der Waals surface area contributed by atoms with E-state index in [9.17, 15) is 4.79 Å². The number of amides is 1. The van der Waals surface area contributed by atoms with Gasteiger partial charge in [0.15, 0.2) is 0 Å². The molecule has 130 valence electrons. The van der Waals surface area contributed by atoms with Gasteiger partial charge in [-0.3, -0.25) is 9.69 Å². The molecule has 0 saturated carbocycles. The van der Waals surface area contributed by atoms with Crippen molar-refractivity contribution in [3.8, 4) is 0 Å². The number of carbonyl (C=O) groups is 1. The van der Waals surface area contributed by atoms with Crippen LogP contribution in [0.4, 0.5) is 0 Å². The molecule has 2 aliphatic rings. The average molecular weight is 326 g/mol. The van der Waals surface area contributed by atoms with Crippen molar-refractivity contribution >= 4 is 11.6 Å². The van der Waals surface area contributed by atoms with E-state index in [1.165, 1.54) is 36.8 Å². The molecular formula is C21H30N2O. The molecule has 0 bridgehead atoms. The fourth-order valence-electron chi connectivity index (χ4n) is 3.69. The van der Waals surface area contributed by atoms with Crippen molar-refractivity contribution in [3.05, 3.63) is 53.1 Å². The summed E-state index contributed by atoms with van der Waals surface area (Å²) in [5.74, 6) is 0.102. The largest absolute Gasteiger partial charge is 0.324 e. The van der Waals surface area contributed by atoms with Gasteiger partial charge in [0.1, 0.15) is 0 Å². The zero-order chi connectivity index (χ0) is 16.9. The summed E-state index contributed by atoms with van der Waals surface area (Å²) in [5.41, 5.74) is 5.75. The fourth-order valence-corrected chi connectivity index (χ4v) is 3.69. The average Bonchev–Trinajstić information content (AvgIpc) is 2.76. The summed E-state index contributed by atoms with van der Waals surface area (Å²) in [6.45, 7) is 8.90. The van der Waals surface area contributed by atoms with Crippen LogP contribution in [0.1, 0.15) is 51.6 Å². The highest BCUT2D eigenvalue weighted by atomic mass is 16.2. The van der Waals surface area contributed by atoms with E-state index in [0.717, 1.165) is 42.8 Å². The van der Waals surface area contributed by atoms with Crippen LogP contribution in [-0.4, -0.2) is 30.4 Å². The van der Waals surface area contributed by atoms with Gasteiger partial charge < -0.3 is 5.32 Å². The smallest absolute Gasteiger partial charge is 0.238 e. The molecule has 1 N–H and O–H groups in total. The molecule has 1 saturated heterocycles. The van der Waals surface area contributed by atoms with Crippen molar-refractivity contribution in [2.45, 2.75) is 45.4 Å². The standard InChI is InChI=1S/C21H28N2O.H2/c1-3-16(2)19-14-17-10-6-7-11-18(17)21(19)22-20(24)15-23-12-8-4-5-9-13-23;/h6-7,10-11H,2-5,8-9,12-15H2,1H3,(H,22,24);1H. The molecule has 0 radical (unpaired) electrons. The molecular weight excluding hydrogens is 296 g/mol. The van der Waals surface area contributed by atoms with Crippen molar-refractivity contribution in [3.63, 3.8) is 0 Å². The van der Waals surface area contributed by atoms with E-state index in [1.54, 1.807) is 0 Å². The van der Waals surface area contributed by atoms with Crippen LogP contribution in [0.15, 0.2) is 42.0 Å². The summed E-state index contributed by atoms with van der Waals surface area (Å²) in [6.07, 6.45) is 6.78. The minimum Gasteiger partial charge on any atom is -0.324 e. The Balaban J connectivity index is 0.00000225. The van der Waals surface area contributed by atoms with Gasteiger partial charge in [0.2, 0.25) is 5.91 Å². The van der Waals surface area contributed by atoms with Gasteiger partial charge in [0.25, 0.3) is 0 Å². The summed E-state index contributed by atoms with van der Waals surface area (Å²) in [5, 5.41) is 3.21. The molecule has 0 unspecified atom stereocenters. The van der Waals surface area contributed by atoms with Crippen molar-refractivity contribution < 1.29 is 6.22 Å². The second kappa shape index (κ2) is 7.80. The van der Waals surface area contributed by atoms with E-state index < -0.39 is 0 Å². The number of hydrogen-bond acceptors (Lipinski definition) is 2. The number of likely N-dealkylation sites (tertiary alicyclic amines) is 1. The van der Waals surface area contributed by atoms with Crippen LogP contribution in [0.3, 0.4) is 0 Å². The maximum atomic E-state index is 12.6. The Labute approximate surface area is 146 Å². The first-order chi connectivity index (χ1) is 11.7. The summed E-state index contributed by atoms with van der Waals surface area (Å²) in [6, 6.07) is 8.35. The van der Waals surface area contributed by atoms with Crippen LogP contribution in [0.2, 0.25) is 0 Å². The van der Waals surface area contributed by atoms with Crippen molar-refractivity contribution in [1.29, 1.82) is 0 Å². The van der Waals surface area contributed by atoms with Gasteiger partial charge in [0.05, 0.1) is 12.2 Å². The molecule has 3 rings (SSSR count). The molecule has 3 heteroatoms. The first-order valence-electron chi connectivity index (χ1n) is 9.21. The lowest BCUT2D eigenvalue weighted by Gasteiger charge is -2.20. The third kappa shape index (κ3) is 3.78. The third-order valence-corrected chi connectivity index (χ3v) is 5.14. The minimum atomic E-state index is 0. The summed E-state index contributed by atoms with van der Waals surface area (Å²) >= 11 is 0. The Bertz CT molecular complexity index is 658. The Morgan fingerprint density at radius 3 is 2.62 bits per heavy atom. The second-order valence-electron chi connectivity index (χ2n) is 6.88.